The Morgan fingerprint density at radius 3 is 2.58 bits per heavy atom. The molecule has 1 aliphatic rings. The molecule has 0 saturated heterocycles. The number of nitrogens with zero attached hydrogens (tertiary/aromatic N) is 1. The zero-order valence-electron chi connectivity index (χ0n) is 14.5. The Hall–Kier alpha value is -0.830. The van der Waals surface area contributed by atoms with Gasteiger partial charge in [0.15, 0.2) is 5.96 Å². The molecular weight excluding hydrogens is 437 g/mol. The molecule has 0 aliphatic heterocycles. The minimum atomic E-state index is -2.92. The number of halogens is 1. The molecule has 3 unspecified atom stereocenters. The van der Waals surface area contributed by atoms with Crippen molar-refractivity contribution in [1.82, 2.24) is 10.6 Å². The van der Waals surface area contributed by atoms with Gasteiger partial charge in [-0.3, -0.25) is 4.99 Å². The summed E-state index contributed by atoms with van der Waals surface area (Å²) in [6.45, 7) is 4.67. The van der Waals surface area contributed by atoms with Gasteiger partial charge in [-0.15, -0.1) is 24.0 Å². The number of nitrogens with one attached hydrogen (secondary N) is 2. The van der Waals surface area contributed by atoms with Crippen molar-refractivity contribution in [3.63, 3.8) is 0 Å². The van der Waals surface area contributed by atoms with Gasteiger partial charge in [0.1, 0.15) is 9.84 Å². The number of sulfone groups is 1. The fraction of sp³-hybridized carbons (Fsp3) is 0.588. The van der Waals surface area contributed by atoms with Crippen molar-refractivity contribution in [3.05, 3.63) is 35.9 Å². The van der Waals surface area contributed by atoms with Crippen molar-refractivity contribution in [1.29, 1.82) is 0 Å². The molecule has 0 spiro atoms. The number of hydrogen-bond acceptors (Lipinski definition) is 3. The zero-order valence-corrected chi connectivity index (χ0v) is 17.7. The van der Waals surface area contributed by atoms with Crippen LogP contribution >= 0.6 is 24.0 Å². The highest BCUT2D eigenvalue weighted by atomic mass is 127. The van der Waals surface area contributed by atoms with Crippen molar-refractivity contribution >= 4 is 39.8 Å². The van der Waals surface area contributed by atoms with Gasteiger partial charge in [0.2, 0.25) is 0 Å². The predicted molar refractivity (Wildman–Crippen MR) is 111 cm³/mol. The second-order valence-corrected chi connectivity index (χ2v) is 8.55. The molecule has 1 aromatic carbocycles. The lowest BCUT2D eigenvalue weighted by Gasteiger charge is -2.18. The van der Waals surface area contributed by atoms with Crippen LogP contribution < -0.4 is 10.6 Å². The number of benzene rings is 1. The van der Waals surface area contributed by atoms with Crippen LogP contribution in [0.4, 0.5) is 0 Å². The van der Waals surface area contributed by atoms with Gasteiger partial charge in [0.05, 0.1) is 5.75 Å². The topological polar surface area (TPSA) is 70.6 Å². The zero-order chi connectivity index (χ0) is 16.9. The maximum Gasteiger partial charge on any atom is 0.191 e. The molecule has 3 atom stereocenters. The molecule has 1 aliphatic carbocycles. The van der Waals surface area contributed by atoms with E-state index in [0.29, 0.717) is 24.9 Å². The lowest BCUT2D eigenvalue weighted by molar-refractivity contribution is 0.580. The first-order chi connectivity index (χ1) is 10.9. The van der Waals surface area contributed by atoms with Crippen molar-refractivity contribution in [2.24, 2.45) is 4.99 Å². The summed E-state index contributed by atoms with van der Waals surface area (Å²) in [6.07, 6.45) is 2.95. The summed E-state index contributed by atoms with van der Waals surface area (Å²) in [7, 11) is -2.92. The first-order valence-corrected chi connectivity index (χ1v) is 10.2. The van der Waals surface area contributed by atoms with Crippen molar-refractivity contribution < 1.29 is 8.42 Å². The maximum atomic E-state index is 11.3. The SMILES string of the molecule is CCN=C(NC(C)CCS(C)(=O)=O)NC1CC1c1ccccc1.I. The second kappa shape index (κ2) is 9.60. The van der Waals surface area contributed by atoms with Crippen molar-refractivity contribution in [2.45, 2.75) is 44.7 Å². The molecule has 1 aromatic rings. The fourth-order valence-corrected chi connectivity index (χ4v) is 3.37. The summed E-state index contributed by atoms with van der Waals surface area (Å²) in [6, 6.07) is 10.9. The fourth-order valence-electron chi connectivity index (χ4n) is 2.59. The second-order valence-electron chi connectivity index (χ2n) is 6.29. The minimum absolute atomic E-state index is 0. The molecule has 2 rings (SSSR count). The molecule has 2 N–H and O–H groups in total. The predicted octanol–water partition coefficient (Wildman–Crippen LogP) is 2.54. The number of guanidine groups is 1. The van der Waals surface area contributed by atoms with Gasteiger partial charge in [-0.05, 0) is 32.3 Å². The summed E-state index contributed by atoms with van der Waals surface area (Å²) in [5.74, 6) is 1.50. The van der Waals surface area contributed by atoms with E-state index in [9.17, 15) is 8.42 Å². The molecule has 0 aromatic heterocycles. The molecule has 24 heavy (non-hydrogen) atoms. The van der Waals surface area contributed by atoms with E-state index in [1.54, 1.807) is 0 Å². The summed E-state index contributed by atoms with van der Waals surface area (Å²) in [4.78, 5) is 4.46. The summed E-state index contributed by atoms with van der Waals surface area (Å²) >= 11 is 0. The molecule has 7 heteroatoms. The monoisotopic (exact) mass is 465 g/mol. The van der Waals surface area contributed by atoms with E-state index in [1.165, 1.54) is 11.8 Å². The first-order valence-electron chi connectivity index (χ1n) is 8.19. The lowest BCUT2D eigenvalue weighted by Crippen LogP contribution is -2.44. The molecular formula is C17H28IN3O2S. The number of hydrogen-bond donors (Lipinski definition) is 2. The largest absolute Gasteiger partial charge is 0.354 e. The van der Waals surface area contributed by atoms with E-state index in [0.717, 1.165) is 12.4 Å². The maximum absolute atomic E-state index is 11.3. The molecule has 0 amide bonds. The Balaban J connectivity index is 0.00000288. The lowest BCUT2D eigenvalue weighted by atomic mass is 10.1. The van der Waals surface area contributed by atoms with Crippen LogP contribution in [0.1, 0.15) is 38.2 Å². The van der Waals surface area contributed by atoms with Gasteiger partial charge in [0.25, 0.3) is 0 Å². The average Bonchev–Trinajstić information content (AvgIpc) is 3.25. The van der Waals surface area contributed by atoms with Gasteiger partial charge in [0, 0.05) is 30.8 Å². The highest BCUT2D eigenvalue weighted by molar-refractivity contribution is 14.0. The van der Waals surface area contributed by atoms with Crippen molar-refractivity contribution in [2.75, 3.05) is 18.6 Å². The molecule has 1 saturated carbocycles. The van der Waals surface area contributed by atoms with Crippen LogP contribution in [0.25, 0.3) is 0 Å². The van der Waals surface area contributed by atoms with E-state index in [2.05, 4.69) is 39.9 Å². The van der Waals surface area contributed by atoms with Crippen molar-refractivity contribution in [3.8, 4) is 0 Å². The number of aliphatic imine (C=N–C) groups is 1. The van der Waals surface area contributed by atoms with Crippen LogP contribution in [0.2, 0.25) is 0 Å². The van der Waals surface area contributed by atoms with Crippen LogP contribution in [-0.4, -0.2) is 45.0 Å². The van der Waals surface area contributed by atoms with E-state index in [4.69, 9.17) is 0 Å². The molecule has 0 bridgehead atoms. The van der Waals surface area contributed by atoms with Gasteiger partial charge in [-0.1, -0.05) is 30.3 Å². The molecule has 136 valence electrons. The standard InChI is InChI=1S/C17H27N3O2S.HI/c1-4-18-17(19-13(2)10-11-23(3,21)22)20-16-12-15(16)14-8-6-5-7-9-14;/h5-9,13,15-16H,4,10-12H2,1-3H3,(H2,18,19,20);1H. The third kappa shape index (κ3) is 7.38. The van der Waals surface area contributed by atoms with E-state index < -0.39 is 9.84 Å². The molecule has 5 nitrogen and oxygen atoms in total. The number of rotatable bonds is 7. The van der Waals surface area contributed by atoms with Gasteiger partial charge in [-0.25, -0.2) is 8.42 Å². The Kier molecular flexibility index (Phi) is 8.49. The van der Waals surface area contributed by atoms with E-state index in [1.807, 2.05) is 19.9 Å². The molecule has 0 radical (unpaired) electrons. The molecule has 1 fully saturated rings. The Morgan fingerprint density at radius 2 is 2.00 bits per heavy atom. The Morgan fingerprint density at radius 1 is 1.33 bits per heavy atom. The Bertz CT molecular complexity index is 634. The quantitative estimate of drug-likeness (QED) is 0.369. The van der Waals surface area contributed by atoms with Crippen LogP contribution in [0.3, 0.4) is 0 Å². The van der Waals surface area contributed by atoms with E-state index in [-0.39, 0.29) is 35.8 Å². The Labute approximate surface area is 162 Å². The third-order valence-corrected chi connectivity index (χ3v) is 4.94. The highest BCUT2D eigenvalue weighted by Gasteiger charge is 2.38. The van der Waals surface area contributed by atoms with Gasteiger partial charge < -0.3 is 10.6 Å². The summed E-state index contributed by atoms with van der Waals surface area (Å²) < 4.78 is 22.5. The van der Waals surface area contributed by atoms with Crippen LogP contribution in [0.5, 0.6) is 0 Å². The molecule has 0 heterocycles. The summed E-state index contributed by atoms with van der Waals surface area (Å²) in [5.41, 5.74) is 1.35. The van der Waals surface area contributed by atoms with Crippen LogP contribution in [0.15, 0.2) is 35.3 Å². The van der Waals surface area contributed by atoms with E-state index >= 15 is 0 Å². The van der Waals surface area contributed by atoms with Crippen LogP contribution in [0, 0.1) is 0 Å². The normalized spacial score (nSPS) is 21.5. The average molecular weight is 465 g/mol. The first kappa shape index (κ1) is 21.2. The van der Waals surface area contributed by atoms with Gasteiger partial charge >= 0.3 is 0 Å². The smallest absolute Gasteiger partial charge is 0.191 e. The van der Waals surface area contributed by atoms with Crippen LogP contribution in [-0.2, 0) is 9.84 Å². The minimum Gasteiger partial charge on any atom is -0.354 e. The third-order valence-electron chi connectivity index (χ3n) is 3.96. The summed E-state index contributed by atoms with van der Waals surface area (Å²) in [5, 5.41) is 6.77. The van der Waals surface area contributed by atoms with Gasteiger partial charge in [-0.2, -0.15) is 0 Å². The highest BCUT2D eigenvalue weighted by Crippen LogP contribution is 2.40.